The van der Waals surface area contributed by atoms with Crippen LogP contribution in [-0.4, -0.2) is 30.7 Å². The van der Waals surface area contributed by atoms with Crippen molar-refractivity contribution in [1.29, 1.82) is 0 Å². The average molecular weight is 237 g/mol. The van der Waals surface area contributed by atoms with E-state index < -0.39 is 5.97 Å². The number of carboxylic acid groups (broad SMARTS) is 1. The largest absolute Gasteiger partial charge is 0.478 e. The fourth-order valence-corrected chi connectivity index (χ4v) is 1.37. The van der Waals surface area contributed by atoms with E-state index >= 15 is 0 Å². The molecule has 6 nitrogen and oxygen atoms in total. The van der Waals surface area contributed by atoms with Crippen LogP contribution < -0.4 is 16.0 Å². The first-order valence-electron chi connectivity index (χ1n) is 5.11. The van der Waals surface area contributed by atoms with Crippen LogP contribution in [0.5, 0.6) is 0 Å². The van der Waals surface area contributed by atoms with Crippen molar-refractivity contribution in [2.45, 2.75) is 6.92 Å². The number of amides is 2. The Morgan fingerprint density at radius 2 is 2.12 bits per heavy atom. The third kappa shape index (κ3) is 2.87. The number of nitrogens with zero attached hydrogens (tertiary/aromatic N) is 1. The van der Waals surface area contributed by atoms with Crippen LogP contribution in [0.4, 0.5) is 16.2 Å². The number of urea groups is 1. The first-order chi connectivity index (χ1) is 7.97. The molecular formula is C11H15N3O3. The van der Waals surface area contributed by atoms with Gasteiger partial charge < -0.3 is 16.2 Å². The number of hydrogen-bond donors (Lipinski definition) is 3. The van der Waals surface area contributed by atoms with Gasteiger partial charge in [0.05, 0.1) is 16.9 Å². The van der Waals surface area contributed by atoms with Crippen molar-refractivity contribution in [2.75, 3.05) is 24.2 Å². The first kappa shape index (κ1) is 12.8. The lowest BCUT2D eigenvalue weighted by Gasteiger charge is -2.19. The van der Waals surface area contributed by atoms with E-state index in [1.807, 2.05) is 6.92 Å². The van der Waals surface area contributed by atoms with E-state index in [9.17, 15) is 9.59 Å². The lowest BCUT2D eigenvalue weighted by molar-refractivity contribution is 0.0697. The number of nitrogens with one attached hydrogen (secondary N) is 1. The zero-order chi connectivity index (χ0) is 13.0. The molecule has 1 aromatic rings. The quantitative estimate of drug-likeness (QED) is 0.687. The monoisotopic (exact) mass is 237 g/mol. The van der Waals surface area contributed by atoms with Crippen molar-refractivity contribution < 1.29 is 14.7 Å². The molecule has 17 heavy (non-hydrogen) atoms. The Labute approximate surface area is 99.0 Å². The number of nitrogen functional groups attached to an aromatic ring is 1. The van der Waals surface area contributed by atoms with Gasteiger partial charge in [0.1, 0.15) is 0 Å². The van der Waals surface area contributed by atoms with E-state index in [-0.39, 0.29) is 17.3 Å². The van der Waals surface area contributed by atoms with Gasteiger partial charge in [0, 0.05) is 13.6 Å². The molecule has 0 aliphatic carbocycles. The molecular weight excluding hydrogens is 222 g/mol. The fourth-order valence-electron chi connectivity index (χ4n) is 1.37. The molecule has 0 aliphatic rings. The van der Waals surface area contributed by atoms with Gasteiger partial charge in [-0.25, -0.2) is 9.59 Å². The predicted octanol–water partition coefficient (Wildman–Crippen LogP) is 1.13. The summed E-state index contributed by atoms with van der Waals surface area (Å²) in [7, 11) is 1.57. The molecule has 0 radical (unpaired) electrons. The Morgan fingerprint density at radius 3 is 2.59 bits per heavy atom. The molecule has 4 N–H and O–H groups in total. The van der Waals surface area contributed by atoms with Crippen molar-refractivity contribution in [3.63, 3.8) is 0 Å². The van der Waals surface area contributed by atoms with Crippen LogP contribution in [0.2, 0.25) is 0 Å². The van der Waals surface area contributed by atoms with Crippen molar-refractivity contribution in [1.82, 2.24) is 5.32 Å². The lowest BCUT2D eigenvalue weighted by atomic mass is 10.1. The Kier molecular flexibility index (Phi) is 3.92. The number of hydrogen-bond acceptors (Lipinski definition) is 3. The average Bonchev–Trinajstić information content (AvgIpc) is 2.28. The van der Waals surface area contributed by atoms with Gasteiger partial charge in [-0.15, -0.1) is 0 Å². The Morgan fingerprint density at radius 1 is 1.47 bits per heavy atom. The summed E-state index contributed by atoms with van der Waals surface area (Å²) in [6, 6.07) is 3.95. The summed E-state index contributed by atoms with van der Waals surface area (Å²) in [5.74, 6) is -1.05. The summed E-state index contributed by atoms with van der Waals surface area (Å²) in [6.07, 6.45) is 0. The number of benzene rings is 1. The molecule has 0 aliphatic heterocycles. The SMILES string of the molecule is CCNC(=O)N(C)c1ccc(C(=O)O)cc1N. The number of carbonyl (C=O) groups is 2. The molecule has 0 spiro atoms. The molecule has 0 saturated heterocycles. The second-order valence-corrected chi connectivity index (χ2v) is 3.47. The highest BCUT2D eigenvalue weighted by Gasteiger charge is 2.14. The normalized spacial score (nSPS) is 9.76. The maximum atomic E-state index is 11.6. The summed E-state index contributed by atoms with van der Waals surface area (Å²) in [5, 5.41) is 11.4. The molecule has 0 saturated carbocycles. The molecule has 0 unspecified atom stereocenters. The van der Waals surface area contributed by atoms with Crippen molar-refractivity contribution in [3.8, 4) is 0 Å². The Balaban J connectivity index is 2.99. The van der Waals surface area contributed by atoms with Gasteiger partial charge in [-0.3, -0.25) is 4.90 Å². The summed E-state index contributed by atoms with van der Waals surface area (Å²) in [6.45, 7) is 2.32. The predicted molar refractivity (Wildman–Crippen MR) is 65.3 cm³/mol. The number of anilines is 2. The van der Waals surface area contributed by atoms with Crippen LogP contribution >= 0.6 is 0 Å². The van der Waals surface area contributed by atoms with Gasteiger partial charge in [-0.1, -0.05) is 0 Å². The molecule has 2 amide bonds. The maximum absolute atomic E-state index is 11.6. The zero-order valence-corrected chi connectivity index (χ0v) is 9.73. The number of carbonyl (C=O) groups excluding carboxylic acids is 1. The number of aromatic carboxylic acids is 1. The van der Waals surface area contributed by atoms with Crippen LogP contribution in [0.25, 0.3) is 0 Å². The molecule has 1 aromatic carbocycles. The molecule has 0 aromatic heterocycles. The van der Waals surface area contributed by atoms with Gasteiger partial charge in [0.15, 0.2) is 0 Å². The highest BCUT2D eigenvalue weighted by Crippen LogP contribution is 2.23. The van der Waals surface area contributed by atoms with Crippen LogP contribution in [0.1, 0.15) is 17.3 Å². The van der Waals surface area contributed by atoms with Crippen molar-refractivity contribution >= 4 is 23.4 Å². The van der Waals surface area contributed by atoms with E-state index in [1.165, 1.54) is 23.1 Å². The van der Waals surface area contributed by atoms with Gasteiger partial charge in [0.25, 0.3) is 0 Å². The van der Waals surface area contributed by atoms with E-state index in [2.05, 4.69) is 5.32 Å². The van der Waals surface area contributed by atoms with Crippen LogP contribution in [0.15, 0.2) is 18.2 Å². The number of rotatable bonds is 3. The van der Waals surface area contributed by atoms with Crippen LogP contribution in [0.3, 0.4) is 0 Å². The van der Waals surface area contributed by atoms with E-state index in [0.29, 0.717) is 12.2 Å². The van der Waals surface area contributed by atoms with Gasteiger partial charge in [-0.2, -0.15) is 0 Å². The van der Waals surface area contributed by atoms with Crippen molar-refractivity contribution in [2.24, 2.45) is 0 Å². The summed E-state index contributed by atoms with van der Waals surface area (Å²) in [5.41, 5.74) is 6.52. The minimum Gasteiger partial charge on any atom is -0.478 e. The first-order valence-corrected chi connectivity index (χ1v) is 5.11. The highest BCUT2D eigenvalue weighted by molar-refractivity contribution is 5.97. The molecule has 0 bridgehead atoms. The lowest BCUT2D eigenvalue weighted by Crippen LogP contribution is -2.37. The van der Waals surface area contributed by atoms with E-state index in [4.69, 9.17) is 10.8 Å². The summed E-state index contributed by atoms with van der Waals surface area (Å²) >= 11 is 0. The van der Waals surface area contributed by atoms with Crippen molar-refractivity contribution in [3.05, 3.63) is 23.8 Å². The number of carboxylic acids is 1. The number of nitrogens with two attached hydrogens (primary N) is 1. The zero-order valence-electron chi connectivity index (χ0n) is 9.73. The molecule has 6 heteroatoms. The molecule has 92 valence electrons. The highest BCUT2D eigenvalue weighted by atomic mass is 16.4. The maximum Gasteiger partial charge on any atom is 0.335 e. The summed E-state index contributed by atoms with van der Waals surface area (Å²) in [4.78, 5) is 23.6. The Hall–Kier alpha value is -2.24. The topological polar surface area (TPSA) is 95.7 Å². The second-order valence-electron chi connectivity index (χ2n) is 3.47. The minimum atomic E-state index is -1.05. The fraction of sp³-hybridized carbons (Fsp3) is 0.273. The van der Waals surface area contributed by atoms with Crippen LogP contribution in [-0.2, 0) is 0 Å². The van der Waals surface area contributed by atoms with Crippen LogP contribution in [0, 0.1) is 0 Å². The van der Waals surface area contributed by atoms with Gasteiger partial charge in [0.2, 0.25) is 0 Å². The Bertz CT molecular complexity index is 446. The summed E-state index contributed by atoms with van der Waals surface area (Å²) < 4.78 is 0. The molecule has 0 atom stereocenters. The standard InChI is InChI=1S/C11H15N3O3/c1-3-13-11(17)14(2)9-5-4-7(10(15)16)6-8(9)12/h4-6H,3,12H2,1-2H3,(H,13,17)(H,15,16). The second kappa shape index (κ2) is 5.20. The minimum absolute atomic E-state index is 0.0931. The molecule has 0 heterocycles. The molecule has 0 fully saturated rings. The van der Waals surface area contributed by atoms with Gasteiger partial charge >= 0.3 is 12.0 Å². The van der Waals surface area contributed by atoms with Gasteiger partial charge in [-0.05, 0) is 25.1 Å². The third-order valence-corrected chi connectivity index (χ3v) is 2.27. The smallest absolute Gasteiger partial charge is 0.335 e. The third-order valence-electron chi connectivity index (χ3n) is 2.27. The molecule has 1 rings (SSSR count). The van der Waals surface area contributed by atoms with E-state index in [1.54, 1.807) is 7.05 Å². The van der Waals surface area contributed by atoms with E-state index in [0.717, 1.165) is 0 Å².